The molecule has 1 aromatic carbocycles. The average Bonchev–Trinajstić information content (AvgIpc) is 2.73. The zero-order valence-corrected chi connectivity index (χ0v) is 12.5. The van der Waals surface area contributed by atoms with Gasteiger partial charge in [0.2, 0.25) is 0 Å². The summed E-state index contributed by atoms with van der Waals surface area (Å²) in [5.74, 6) is 0.588. The SMILES string of the molecule is CCCNC(C)C(C)Cc1nn(C)c2ccccc12. The zero-order valence-electron chi connectivity index (χ0n) is 12.5. The molecule has 1 N–H and O–H groups in total. The van der Waals surface area contributed by atoms with Crippen molar-refractivity contribution in [3.05, 3.63) is 30.0 Å². The molecule has 2 atom stereocenters. The van der Waals surface area contributed by atoms with Crippen LogP contribution in [0.5, 0.6) is 0 Å². The summed E-state index contributed by atoms with van der Waals surface area (Å²) >= 11 is 0. The van der Waals surface area contributed by atoms with Gasteiger partial charge >= 0.3 is 0 Å². The van der Waals surface area contributed by atoms with Gasteiger partial charge in [-0.2, -0.15) is 5.10 Å². The standard InChI is InChI=1S/C16H25N3/c1-5-10-17-13(3)12(2)11-15-14-8-6-7-9-16(14)19(4)18-15/h6-9,12-13,17H,5,10-11H2,1-4H3. The van der Waals surface area contributed by atoms with Crippen LogP contribution in [-0.4, -0.2) is 22.4 Å². The van der Waals surface area contributed by atoms with Crippen LogP contribution in [0, 0.1) is 5.92 Å². The summed E-state index contributed by atoms with van der Waals surface area (Å²) in [4.78, 5) is 0. The lowest BCUT2D eigenvalue weighted by atomic mass is 9.96. The Morgan fingerprint density at radius 2 is 2.00 bits per heavy atom. The number of hydrogen-bond acceptors (Lipinski definition) is 2. The average molecular weight is 259 g/mol. The maximum atomic E-state index is 4.68. The Labute approximate surface area is 116 Å². The van der Waals surface area contributed by atoms with Gasteiger partial charge in [0.05, 0.1) is 11.2 Å². The molecule has 0 saturated heterocycles. The zero-order chi connectivity index (χ0) is 13.8. The van der Waals surface area contributed by atoms with Crippen LogP contribution in [0.15, 0.2) is 24.3 Å². The second-order valence-electron chi connectivity index (χ2n) is 5.51. The number of aryl methyl sites for hydroxylation is 1. The van der Waals surface area contributed by atoms with Crippen molar-refractivity contribution in [1.82, 2.24) is 15.1 Å². The molecule has 0 bridgehead atoms. The fraction of sp³-hybridized carbons (Fsp3) is 0.562. The van der Waals surface area contributed by atoms with Gasteiger partial charge in [0.15, 0.2) is 0 Å². The lowest BCUT2D eigenvalue weighted by Crippen LogP contribution is -2.33. The van der Waals surface area contributed by atoms with Gasteiger partial charge in [-0.3, -0.25) is 4.68 Å². The summed E-state index contributed by atoms with van der Waals surface area (Å²) in [5.41, 5.74) is 2.44. The molecule has 2 aromatic rings. The van der Waals surface area contributed by atoms with Crippen LogP contribution in [0.2, 0.25) is 0 Å². The number of nitrogens with one attached hydrogen (secondary N) is 1. The molecule has 1 heterocycles. The summed E-state index contributed by atoms with van der Waals surface area (Å²) in [6.45, 7) is 7.87. The van der Waals surface area contributed by atoms with E-state index in [1.807, 2.05) is 11.7 Å². The highest BCUT2D eigenvalue weighted by Gasteiger charge is 2.16. The minimum Gasteiger partial charge on any atom is -0.314 e. The summed E-state index contributed by atoms with van der Waals surface area (Å²) in [7, 11) is 2.02. The molecule has 2 unspecified atom stereocenters. The van der Waals surface area contributed by atoms with E-state index in [1.165, 1.54) is 23.0 Å². The third kappa shape index (κ3) is 3.16. The van der Waals surface area contributed by atoms with Crippen LogP contribution in [0.25, 0.3) is 10.9 Å². The molecule has 0 spiro atoms. The summed E-state index contributed by atoms with van der Waals surface area (Å²) in [5, 5.41) is 9.55. The molecule has 0 saturated carbocycles. The number of fused-ring (bicyclic) bond motifs is 1. The lowest BCUT2D eigenvalue weighted by Gasteiger charge is -2.20. The maximum absolute atomic E-state index is 4.68. The molecule has 3 nitrogen and oxygen atoms in total. The molecule has 19 heavy (non-hydrogen) atoms. The van der Waals surface area contributed by atoms with Crippen molar-refractivity contribution < 1.29 is 0 Å². The van der Waals surface area contributed by atoms with Crippen molar-refractivity contribution in [2.75, 3.05) is 6.54 Å². The van der Waals surface area contributed by atoms with Crippen LogP contribution >= 0.6 is 0 Å². The Balaban J connectivity index is 2.13. The Bertz CT molecular complexity index is 530. The van der Waals surface area contributed by atoms with Crippen molar-refractivity contribution in [2.24, 2.45) is 13.0 Å². The first kappa shape index (κ1) is 14.1. The largest absolute Gasteiger partial charge is 0.314 e. The van der Waals surface area contributed by atoms with Gasteiger partial charge in [0.25, 0.3) is 0 Å². The summed E-state index contributed by atoms with van der Waals surface area (Å²) in [6.07, 6.45) is 2.21. The first-order chi connectivity index (χ1) is 9.13. The van der Waals surface area contributed by atoms with E-state index in [0.717, 1.165) is 13.0 Å². The van der Waals surface area contributed by atoms with Crippen LogP contribution in [0.4, 0.5) is 0 Å². The normalized spacial score (nSPS) is 14.7. The molecule has 0 radical (unpaired) electrons. The van der Waals surface area contributed by atoms with Crippen LogP contribution in [0.1, 0.15) is 32.9 Å². The first-order valence-corrected chi connectivity index (χ1v) is 7.27. The number of rotatable bonds is 6. The summed E-state index contributed by atoms with van der Waals surface area (Å²) < 4.78 is 1.99. The molecule has 0 amide bonds. The van der Waals surface area contributed by atoms with Crippen molar-refractivity contribution in [1.29, 1.82) is 0 Å². The van der Waals surface area contributed by atoms with Gasteiger partial charge in [0.1, 0.15) is 0 Å². The first-order valence-electron chi connectivity index (χ1n) is 7.27. The number of nitrogens with zero attached hydrogens (tertiary/aromatic N) is 2. The van der Waals surface area contributed by atoms with Gasteiger partial charge in [-0.25, -0.2) is 0 Å². The monoisotopic (exact) mass is 259 g/mol. The Hall–Kier alpha value is -1.35. The van der Waals surface area contributed by atoms with Crippen molar-refractivity contribution in [2.45, 2.75) is 39.7 Å². The topological polar surface area (TPSA) is 29.9 Å². The third-order valence-corrected chi connectivity index (χ3v) is 3.92. The third-order valence-electron chi connectivity index (χ3n) is 3.92. The van der Waals surface area contributed by atoms with E-state index in [4.69, 9.17) is 0 Å². The molecule has 0 aliphatic carbocycles. The van der Waals surface area contributed by atoms with Gasteiger partial charge in [-0.1, -0.05) is 32.0 Å². The van der Waals surface area contributed by atoms with Gasteiger partial charge < -0.3 is 5.32 Å². The molecule has 2 rings (SSSR count). The van der Waals surface area contributed by atoms with Crippen molar-refractivity contribution >= 4 is 10.9 Å². The number of para-hydroxylation sites is 1. The maximum Gasteiger partial charge on any atom is 0.0706 e. The number of benzene rings is 1. The minimum absolute atomic E-state index is 0.528. The second kappa shape index (κ2) is 6.20. The predicted molar refractivity (Wildman–Crippen MR) is 81.3 cm³/mol. The lowest BCUT2D eigenvalue weighted by molar-refractivity contribution is 0.396. The van der Waals surface area contributed by atoms with E-state index in [-0.39, 0.29) is 0 Å². The van der Waals surface area contributed by atoms with Gasteiger partial charge in [-0.15, -0.1) is 0 Å². The van der Waals surface area contributed by atoms with Crippen molar-refractivity contribution in [3.63, 3.8) is 0 Å². The highest BCUT2D eigenvalue weighted by molar-refractivity contribution is 5.81. The van der Waals surface area contributed by atoms with Crippen LogP contribution in [-0.2, 0) is 13.5 Å². The highest BCUT2D eigenvalue weighted by atomic mass is 15.3. The molecule has 0 aliphatic rings. The summed E-state index contributed by atoms with van der Waals surface area (Å²) in [6, 6.07) is 9.00. The minimum atomic E-state index is 0.528. The fourth-order valence-electron chi connectivity index (χ4n) is 2.49. The predicted octanol–water partition coefficient (Wildman–Crippen LogP) is 3.14. The van der Waals surface area contributed by atoms with E-state index in [9.17, 15) is 0 Å². The Morgan fingerprint density at radius 3 is 2.74 bits per heavy atom. The quantitative estimate of drug-likeness (QED) is 0.863. The fourth-order valence-corrected chi connectivity index (χ4v) is 2.49. The van der Waals surface area contributed by atoms with Crippen LogP contribution in [0.3, 0.4) is 0 Å². The molecule has 104 valence electrons. The molecule has 0 fully saturated rings. The smallest absolute Gasteiger partial charge is 0.0706 e. The molecule has 0 aliphatic heterocycles. The van der Waals surface area contributed by atoms with E-state index in [0.29, 0.717) is 12.0 Å². The number of hydrogen-bond donors (Lipinski definition) is 1. The van der Waals surface area contributed by atoms with Crippen molar-refractivity contribution in [3.8, 4) is 0 Å². The van der Waals surface area contributed by atoms with Crippen LogP contribution < -0.4 is 5.32 Å². The Morgan fingerprint density at radius 1 is 1.26 bits per heavy atom. The second-order valence-corrected chi connectivity index (χ2v) is 5.51. The Kier molecular flexibility index (Phi) is 4.59. The van der Waals surface area contributed by atoms with E-state index < -0.39 is 0 Å². The van der Waals surface area contributed by atoms with E-state index in [1.54, 1.807) is 0 Å². The number of aromatic nitrogens is 2. The van der Waals surface area contributed by atoms with E-state index >= 15 is 0 Å². The molecule has 1 aromatic heterocycles. The highest BCUT2D eigenvalue weighted by Crippen LogP contribution is 2.21. The van der Waals surface area contributed by atoms with Gasteiger partial charge in [-0.05, 0) is 38.3 Å². The molecule has 3 heteroatoms. The van der Waals surface area contributed by atoms with Gasteiger partial charge in [0, 0.05) is 18.5 Å². The van der Waals surface area contributed by atoms with E-state index in [2.05, 4.69) is 55.5 Å². The molecular formula is C16H25N3. The molecular weight excluding hydrogens is 234 g/mol.